The van der Waals surface area contributed by atoms with Gasteiger partial charge < -0.3 is 15.5 Å². The van der Waals surface area contributed by atoms with Gasteiger partial charge in [0.25, 0.3) is 15.2 Å². The van der Waals surface area contributed by atoms with E-state index in [0.29, 0.717) is 24.9 Å². The Bertz CT molecular complexity index is 610. The maximum Gasteiger partial charge on any atom is 0.294 e. The summed E-state index contributed by atoms with van der Waals surface area (Å²) in [5.74, 6) is 0.114. The van der Waals surface area contributed by atoms with Crippen LogP contribution in [0, 0.1) is 21.6 Å². The van der Waals surface area contributed by atoms with Gasteiger partial charge in [-0.3, -0.25) is 4.55 Å². The van der Waals surface area contributed by atoms with E-state index in [1.54, 1.807) is 23.4 Å². The van der Waals surface area contributed by atoms with E-state index in [0.717, 1.165) is 0 Å². The van der Waals surface area contributed by atoms with E-state index >= 15 is 0 Å². The zero-order valence-electron chi connectivity index (χ0n) is 11.6. The SMILES string of the molecule is CS(=O)(=O)O.N#CN=C(N)C1=CN(CCO[N+](=O)[O-])CC=C1. The first-order chi connectivity index (χ1) is 10.1. The second kappa shape index (κ2) is 9.32. The minimum Gasteiger partial charge on any atom is -0.382 e. The monoisotopic (exact) mass is 333 g/mol. The van der Waals surface area contributed by atoms with Crippen molar-refractivity contribution < 1.29 is 22.9 Å². The molecule has 0 atom stereocenters. The third-order valence-corrected chi connectivity index (χ3v) is 2.00. The topological polar surface area (TPSA) is 172 Å². The van der Waals surface area contributed by atoms with Gasteiger partial charge in [0.1, 0.15) is 12.4 Å². The van der Waals surface area contributed by atoms with Crippen LogP contribution >= 0.6 is 0 Å². The standard InChI is InChI=1S/C9H11N5O3.CH4O3S/c10-7-12-9(11)8-2-1-3-13(6-8)4-5-17-14(15)16;1-5(2,3)4/h1-2,6H,3-5H2,(H2,11,12);1H3,(H,2,3,4). The molecule has 1 heterocycles. The van der Waals surface area contributed by atoms with Crippen molar-refractivity contribution in [1.29, 1.82) is 5.26 Å². The van der Waals surface area contributed by atoms with Gasteiger partial charge in [-0.15, -0.1) is 10.1 Å². The highest BCUT2D eigenvalue weighted by Crippen LogP contribution is 2.07. The molecule has 0 radical (unpaired) electrons. The smallest absolute Gasteiger partial charge is 0.294 e. The lowest BCUT2D eigenvalue weighted by atomic mass is 10.2. The number of rotatable bonds is 5. The molecular weight excluding hydrogens is 318 g/mol. The van der Waals surface area contributed by atoms with Crippen molar-refractivity contribution in [3.8, 4) is 6.19 Å². The Labute approximate surface area is 126 Å². The summed E-state index contributed by atoms with van der Waals surface area (Å²) in [6.45, 7) is 0.930. The molecule has 1 aliphatic rings. The molecule has 0 aliphatic carbocycles. The van der Waals surface area contributed by atoms with Crippen molar-refractivity contribution in [3.63, 3.8) is 0 Å². The second-order valence-electron chi connectivity index (χ2n) is 3.87. The van der Waals surface area contributed by atoms with Crippen molar-refractivity contribution in [2.75, 3.05) is 26.0 Å². The van der Waals surface area contributed by atoms with Crippen LogP contribution in [0.5, 0.6) is 0 Å². The van der Waals surface area contributed by atoms with Crippen LogP contribution in [-0.4, -0.2) is 54.7 Å². The summed E-state index contributed by atoms with van der Waals surface area (Å²) in [6, 6.07) is 0. The van der Waals surface area contributed by atoms with E-state index < -0.39 is 15.2 Å². The number of hydrogen-bond acceptors (Lipinski definition) is 8. The van der Waals surface area contributed by atoms with Crippen LogP contribution in [0.3, 0.4) is 0 Å². The first-order valence-corrected chi connectivity index (χ1v) is 7.53. The average molecular weight is 333 g/mol. The highest BCUT2D eigenvalue weighted by Gasteiger charge is 2.08. The minimum absolute atomic E-state index is 0.0279. The molecule has 12 heteroatoms. The normalized spacial score (nSPS) is 14.3. The molecule has 22 heavy (non-hydrogen) atoms. The predicted molar refractivity (Wildman–Crippen MR) is 76.5 cm³/mol. The Balaban J connectivity index is 0.000000763. The van der Waals surface area contributed by atoms with Crippen molar-refractivity contribution in [3.05, 3.63) is 34.0 Å². The maximum absolute atomic E-state index is 9.96. The lowest BCUT2D eigenvalue weighted by Gasteiger charge is -2.22. The van der Waals surface area contributed by atoms with Crippen LogP contribution in [0.15, 0.2) is 28.9 Å². The molecule has 0 aromatic rings. The summed E-state index contributed by atoms with van der Waals surface area (Å²) >= 11 is 0. The van der Waals surface area contributed by atoms with E-state index in [4.69, 9.17) is 15.5 Å². The fraction of sp³-hybridized carbons (Fsp3) is 0.400. The molecule has 1 aliphatic heterocycles. The maximum atomic E-state index is 9.96. The largest absolute Gasteiger partial charge is 0.382 e. The minimum atomic E-state index is -3.67. The van der Waals surface area contributed by atoms with Gasteiger partial charge in [0.15, 0.2) is 0 Å². The van der Waals surface area contributed by atoms with E-state index in [-0.39, 0.29) is 12.4 Å². The summed E-state index contributed by atoms with van der Waals surface area (Å²) in [6.07, 6.45) is 7.55. The summed E-state index contributed by atoms with van der Waals surface area (Å²) in [5, 5.41) is 17.5. The number of nitriles is 1. The zero-order valence-corrected chi connectivity index (χ0v) is 12.4. The van der Waals surface area contributed by atoms with Crippen molar-refractivity contribution in [2.24, 2.45) is 10.7 Å². The van der Waals surface area contributed by atoms with Gasteiger partial charge in [-0.2, -0.15) is 18.7 Å². The second-order valence-corrected chi connectivity index (χ2v) is 5.33. The van der Waals surface area contributed by atoms with Crippen molar-refractivity contribution >= 4 is 16.0 Å². The van der Waals surface area contributed by atoms with Crippen LogP contribution in [0.25, 0.3) is 0 Å². The van der Waals surface area contributed by atoms with Crippen LogP contribution in [0.1, 0.15) is 0 Å². The quantitative estimate of drug-likeness (QED) is 0.164. The molecule has 0 amide bonds. The molecule has 0 saturated carbocycles. The van der Waals surface area contributed by atoms with E-state index in [1.165, 1.54) is 0 Å². The Morgan fingerprint density at radius 3 is 2.82 bits per heavy atom. The molecule has 0 bridgehead atoms. The van der Waals surface area contributed by atoms with Gasteiger partial charge in [-0.05, 0) is 0 Å². The van der Waals surface area contributed by atoms with Gasteiger partial charge in [0, 0.05) is 24.9 Å². The summed E-state index contributed by atoms with van der Waals surface area (Å²) < 4.78 is 25.9. The van der Waals surface area contributed by atoms with E-state index in [2.05, 4.69) is 9.83 Å². The molecule has 11 nitrogen and oxygen atoms in total. The third kappa shape index (κ3) is 11.2. The molecule has 0 unspecified atom stereocenters. The molecule has 3 N–H and O–H groups in total. The lowest BCUT2D eigenvalue weighted by Crippen LogP contribution is -2.28. The molecule has 0 fully saturated rings. The van der Waals surface area contributed by atoms with Crippen LogP contribution in [0.2, 0.25) is 0 Å². The number of amidine groups is 1. The number of nitrogens with zero attached hydrogens (tertiary/aromatic N) is 4. The van der Waals surface area contributed by atoms with Crippen LogP contribution in [-0.2, 0) is 15.0 Å². The Morgan fingerprint density at radius 2 is 2.32 bits per heavy atom. The fourth-order valence-corrected chi connectivity index (χ4v) is 1.27. The molecule has 122 valence electrons. The Kier molecular flexibility index (Phi) is 8.19. The summed E-state index contributed by atoms with van der Waals surface area (Å²) in [7, 11) is -3.67. The van der Waals surface area contributed by atoms with Crippen LogP contribution in [0.4, 0.5) is 0 Å². The molecule has 0 spiro atoms. The number of hydrogen-bond donors (Lipinski definition) is 2. The molecule has 0 aromatic heterocycles. The highest BCUT2D eigenvalue weighted by molar-refractivity contribution is 7.85. The van der Waals surface area contributed by atoms with Gasteiger partial charge >= 0.3 is 0 Å². The average Bonchev–Trinajstić information content (AvgIpc) is 2.37. The van der Waals surface area contributed by atoms with Crippen molar-refractivity contribution in [2.45, 2.75) is 0 Å². The summed E-state index contributed by atoms with van der Waals surface area (Å²) in [5.41, 5.74) is 6.14. The Morgan fingerprint density at radius 1 is 1.73 bits per heavy atom. The van der Waals surface area contributed by atoms with Gasteiger partial charge in [-0.1, -0.05) is 12.2 Å². The summed E-state index contributed by atoms with van der Waals surface area (Å²) in [4.78, 5) is 19.3. The first-order valence-electron chi connectivity index (χ1n) is 5.68. The van der Waals surface area contributed by atoms with Gasteiger partial charge in [0.05, 0.1) is 6.26 Å². The first kappa shape index (κ1) is 19.4. The fourth-order valence-electron chi connectivity index (χ4n) is 1.27. The van der Waals surface area contributed by atoms with E-state index in [1.807, 2.05) is 6.08 Å². The third-order valence-electron chi connectivity index (χ3n) is 2.00. The molecule has 1 rings (SSSR count). The predicted octanol–water partition coefficient (Wildman–Crippen LogP) is -0.707. The Hall–Kier alpha value is -2.65. The highest BCUT2D eigenvalue weighted by atomic mass is 32.2. The van der Waals surface area contributed by atoms with Crippen molar-refractivity contribution in [1.82, 2.24) is 4.90 Å². The molecular formula is C10H15N5O6S. The van der Waals surface area contributed by atoms with Crippen LogP contribution < -0.4 is 5.73 Å². The lowest BCUT2D eigenvalue weighted by molar-refractivity contribution is -0.757. The van der Waals surface area contributed by atoms with Gasteiger partial charge in [0.2, 0.25) is 6.19 Å². The zero-order chi connectivity index (χ0) is 17.2. The van der Waals surface area contributed by atoms with E-state index in [9.17, 15) is 18.5 Å². The van der Waals surface area contributed by atoms with Gasteiger partial charge in [-0.25, -0.2) is 0 Å². The molecule has 0 aromatic carbocycles. The number of nitrogens with two attached hydrogens (primary N) is 1. The number of aliphatic imine (C=N–C) groups is 1. The molecule has 0 saturated heterocycles.